The Morgan fingerprint density at radius 1 is 1.61 bits per heavy atom. The molecule has 0 saturated carbocycles. The third kappa shape index (κ3) is 3.41. The van der Waals surface area contributed by atoms with Crippen LogP contribution in [0.5, 0.6) is 0 Å². The number of hydrogen-bond acceptors (Lipinski definition) is 8. The van der Waals surface area contributed by atoms with Crippen LogP contribution in [0.1, 0.15) is 59.1 Å². The van der Waals surface area contributed by atoms with E-state index in [1.165, 1.54) is 0 Å². The first-order chi connectivity index (χ1) is 11.1. The lowest BCUT2D eigenvalue weighted by molar-refractivity contribution is 0.0987. The molecule has 23 heavy (non-hydrogen) atoms. The van der Waals surface area contributed by atoms with Crippen molar-refractivity contribution in [2.75, 3.05) is 13.7 Å². The number of nitrogens with two attached hydrogens (primary N) is 1. The van der Waals surface area contributed by atoms with Gasteiger partial charge in [0, 0.05) is 19.0 Å². The first kappa shape index (κ1) is 16.0. The van der Waals surface area contributed by atoms with Crippen LogP contribution in [0.3, 0.4) is 0 Å². The van der Waals surface area contributed by atoms with E-state index in [4.69, 9.17) is 15.0 Å². The lowest BCUT2D eigenvalue weighted by Crippen LogP contribution is -2.23. The molecule has 0 radical (unpaired) electrons. The van der Waals surface area contributed by atoms with Gasteiger partial charge in [0.25, 0.3) is 11.7 Å². The summed E-state index contributed by atoms with van der Waals surface area (Å²) in [5, 5.41) is 6.63. The molecule has 0 aromatic carbocycles. The summed E-state index contributed by atoms with van der Waals surface area (Å²) in [4.78, 5) is 22.0. The van der Waals surface area contributed by atoms with Crippen molar-refractivity contribution in [1.82, 2.24) is 20.0 Å². The number of thiazole rings is 1. The highest BCUT2D eigenvalue weighted by molar-refractivity contribution is 7.09. The Morgan fingerprint density at radius 3 is 3.13 bits per heavy atom. The molecule has 3 heterocycles. The molecule has 2 unspecified atom stereocenters. The van der Waals surface area contributed by atoms with E-state index in [1.807, 2.05) is 12.3 Å². The zero-order chi connectivity index (χ0) is 16.4. The molecule has 0 aliphatic carbocycles. The highest BCUT2D eigenvalue weighted by atomic mass is 32.1. The van der Waals surface area contributed by atoms with Gasteiger partial charge in [-0.25, -0.2) is 4.98 Å². The maximum atomic E-state index is 11.1. The lowest BCUT2D eigenvalue weighted by Gasteiger charge is -2.20. The number of aromatic nitrogens is 3. The number of likely N-dealkylation sites (tertiary alicyclic amines) is 1. The van der Waals surface area contributed by atoms with Crippen LogP contribution >= 0.6 is 11.3 Å². The summed E-state index contributed by atoms with van der Waals surface area (Å²) < 4.78 is 10.5. The number of carbonyl (C=O) groups excluding carboxylic acids is 1. The number of primary amides is 1. The minimum Gasteiger partial charge on any atom is -0.375 e. The predicted molar refractivity (Wildman–Crippen MR) is 82.7 cm³/mol. The Labute approximate surface area is 137 Å². The Kier molecular flexibility index (Phi) is 4.69. The summed E-state index contributed by atoms with van der Waals surface area (Å²) in [6.07, 6.45) is 1.94. The number of ether oxygens (including phenoxy) is 1. The monoisotopic (exact) mass is 337 g/mol. The number of hydrogen-bond donors (Lipinski definition) is 1. The SMILES string of the molecule is COC(C)c1nc(CN2CCCC2c2nc(C(N)=O)no2)cs1. The van der Waals surface area contributed by atoms with Crippen molar-refractivity contribution in [3.05, 3.63) is 27.8 Å². The van der Waals surface area contributed by atoms with Crippen LogP contribution in [0.15, 0.2) is 9.90 Å². The molecule has 124 valence electrons. The van der Waals surface area contributed by atoms with Crippen molar-refractivity contribution in [1.29, 1.82) is 0 Å². The van der Waals surface area contributed by atoms with Gasteiger partial charge in [0.1, 0.15) is 11.1 Å². The highest BCUT2D eigenvalue weighted by Gasteiger charge is 2.31. The zero-order valence-corrected chi connectivity index (χ0v) is 13.9. The van der Waals surface area contributed by atoms with Crippen LogP contribution < -0.4 is 5.73 Å². The Hall–Kier alpha value is -1.84. The van der Waals surface area contributed by atoms with Gasteiger partial charge in [-0.3, -0.25) is 9.69 Å². The van der Waals surface area contributed by atoms with Crippen molar-refractivity contribution in [3.8, 4) is 0 Å². The van der Waals surface area contributed by atoms with Gasteiger partial charge in [0.05, 0.1) is 11.7 Å². The normalized spacial score (nSPS) is 20.0. The average Bonchev–Trinajstić information content (AvgIpc) is 3.26. The van der Waals surface area contributed by atoms with Gasteiger partial charge in [-0.15, -0.1) is 11.3 Å². The van der Waals surface area contributed by atoms with Crippen molar-refractivity contribution in [2.24, 2.45) is 5.73 Å². The van der Waals surface area contributed by atoms with E-state index in [-0.39, 0.29) is 18.0 Å². The van der Waals surface area contributed by atoms with Gasteiger partial charge in [0.2, 0.25) is 5.89 Å². The van der Waals surface area contributed by atoms with Crippen molar-refractivity contribution in [3.63, 3.8) is 0 Å². The number of amides is 1. The molecule has 2 atom stereocenters. The lowest BCUT2D eigenvalue weighted by atomic mass is 10.2. The topological polar surface area (TPSA) is 107 Å². The number of methoxy groups -OCH3 is 1. The molecular weight excluding hydrogens is 318 g/mol. The van der Waals surface area contributed by atoms with Crippen LogP contribution in [0, 0.1) is 0 Å². The highest BCUT2D eigenvalue weighted by Crippen LogP contribution is 2.32. The molecule has 2 aromatic rings. The summed E-state index contributed by atoms with van der Waals surface area (Å²) in [5.74, 6) is -0.309. The third-order valence-corrected chi connectivity index (χ3v) is 5.00. The van der Waals surface area contributed by atoms with E-state index in [1.54, 1.807) is 18.4 Å². The van der Waals surface area contributed by atoms with E-state index >= 15 is 0 Å². The molecule has 1 aliphatic rings. The summed E-state index contributed by atoms with van der Waals surface area (Å²) >= 11 is 1.60. The first-order valence-electron chi connectivity index (χ1n) is 7.43. The van der Waals surface area contributed by atoms with E-state index in [2.05, 4.69) is 20.0 Å². The molecule has 2 N–H and O–H groups in total. The van der Waals surface area contributed by atoms with Crippen molar-refractivity contribution in [2.45, 2.75) is 38.5 Å². The number of nitrogens with zero attached hydrogens (tertiary/aromatic N) is 4. The average molecular weight is 337 g/mol. The molecule has 3 rings (SSSR count). The van der Waals surface area contributed by atoms with Gasteiger partial charge in [-0.05, 0) is 26.3 Å². The van der Waals surface area contributed by atoms with Gasteiger partial charge >= 0.3 is 0 Å². The molecular formula is C14H19N5O3S. The minimum absolute atomic E-state index is 0.000554. The van der Waals surface area contributed by atoms with Crippen LogP contribution in [-0.2, 0) is 11.3 Å². The fourth-order valence-electron chi connectivity index (χ4n) is 2.66. The third-order valence-electron chi connectivity index (χ3n) is 3.95. The van der Waals surface area contributed by atoms with Gasteiger partial charge in [-0.2, -0.15) is 4.98 Å². The first-order valence-corrected chi connectivity index (χ1v) is 8.31. The fourth-order valence-corrected chi connectivity index (χ4v) is 3.50. The Balaban J connectivity index is 1.71. The number of carbonyl (C=O) groups is 1. The van der Waals surface area contributed by atoms with Crippen molar-refractivity contribution >= 4 is 17.2 Å². The molecule has 0 spiro atoms. The van der Waals surface area contributed by atoms with Crippen LogP contribution in [0.25, 0.3) is 0 Å². The number of rotatable bonds is 6. The largest absolute Gasteiger partial charge is 0.375 e. The smallest absolute Gasteiger partial charge is 0.290 e. The maximum absolute atomic E-state index is 11.1. The van der Waals surface area contributed by atoms with Gasteiger partial charge in [-0.1, -0.05) is 5.16 Å². The molecule has 9 heteroatoms. The predicted octanol–water partition coefficient (Wildman–Crippen LogP) is 1.67. The molecule has 1 saturated heterocycles. The molecule has 0 bridgehead atoms. The summed E-state index contributed by atoms with van der Waals surface area (Å²) in [6.45, 7) is 3.60. The van der Waals surface area contributed by atoms with Crippen molar-refractivity contribution < 1.29 is 14.1 Å². The Morgan fingerprint density at radius 2 is 2.43 bits per heavy atom. The molecule has 8 nitrogen and oxygen atoms in total. The standard InChI is InChI=1S/C14H19N5O3S/c1-8(21-2)14-16-9(7-23-14)6-19-5-3-4-10(19)13-17-12(11(15)20)18-22-13/h7-8,10H,3-6H2,1-2H3,(H2,15,20). The molecule has 1 fully saturated rings. The summed E-state index contributed by atoms with van der Waals surface area (Å²) in [5.41, 5.74) is 6.17. The molecule has 1 aliphatic heterocycles. The van der Waals surface area contributed by atoms with E-state index < -0.39 is 5.91 Å². The van der Waals surface area contributed by atoms with Crippen LogP contribution in [0.4, 0.5) is 0 Å². The van der Waals surface area contributed by atoms with E-state index in [9.17, 15) is 4.79 Å². The van der Waals surface area contributed by atoms with Gasteiger partial charge < -0.3 is 15.0 Å². The second-order valence-corrected chi connectivity index (χ2v) is 6.39. The zero-order valence-electron chi connectivity index (χ0n) is 13.1. The Bertz CT molecular complexity index is 686. The van der Waals surface area contributed by atoms with Crippen LogP contribution in [-0.4, -0.2) is 39.6 Å². The quantitative estimate of drug-likeness (QED) is 0.854. The second-order valence-electron chi connectivity index (χ2n) is 5.50. The molecule has 1 amide bonds. The summed E-state index contributed by atoms with van der Waals surface area (Å²) in [6, 6.07) is 0.000554. The van der Waals surface area contributed by atoms with Crippen LogP contribution in [0.2, 0.25) is 0 Å². The van der Waals surface area contributed by atoms with E-state index in [0.29, 0.717) is 12.4 Å². The molecule has 2 aromatic heterocycles. The minimum atomic E-state index is -0.678. The maximum Gasteiger partial charge on any atom is 0.290 e. The second kappa shape index (κ2) is 6.73. The summed E-state index contributed by atoms with van der Waals surface area (Å²) in [7, 11) is 1.67. The van der Waals surface area contributed by atoms with E-state index in [0.717, 1.165) is 30.1 Å². The fraction of sp³-hybridized carbons (Fsp3) is 0.571. The van der Waals surface area contributed by atoms with Gasteiger partial charge in [0.15, 0.2) is 0 Å².